The minimum atomic E-state index is -1.45. The van der Waals surface area contributed by atoms with Gasteiger partial charge in [0.1, 0.15) is 24.3 Å². The summed E-state index contributed by atoms with van der Waals surface area (Å²) in [4.78, 5) is 34.8. The first kappa shape index (κ1) is 30.2. The summed E-state index contributed by atoms with van der Waals surface area (Å²) in [5, 5.41) is 13.0. The molecule has 3 aromatic rings. The zero-order valence-electron chi connectivity index (χ0n) is 25.0. The van der Waals surface area contributed by atoms with Gasteiger partial charge in [-0.15, -0.1) is 0 Å². The van der Waals surface area contributed by atoms with Gasteiger partial charge in [-0.3, -0.25) is 9.69 Å². The lowest BCUT2D eigenvalue weighted by atomic mass is 10.0. The zero-order valence-corrected chi connectivity index (χ0v) is 25.0. The number of piperazine rings is 1. The van der Waals surface area contributed by atoms with E-state index >= 15 is 0 Å². The third-order valence-electron chi connectivity index (χ3n) is 8.49. The highest BCUT2D eigenvalue weighted by Crippen LogP contribution is 2.29. The van der Waals surface area contributed by atoms with E-state index in [1.807, 2.05) is 12.1 Å². The van der Waals surface area contributed by atoms with Gasteiger partial charge in [0.2, 0.25) is 5.95 Å². The van der Waals surface area contributed by atoms with Gasteiger partial charge in [-0.2, -0.15) is 10.2 Å². The number of aromatic nitrogens is 3. The van der Waals surface area contributed by atoms with Crippen LogP contribution in [0, 0.1) is 17.9 Å². The van der Waals surface area contributed by atoms with Gasteiger partial charge in [0.15, 0.2) is 12.0 Å². The lowest BCUT2D eigenvalue weighted by molar-refractivity contribution is -0.135. The van der Waals surface area contributed by atoms with Crippen molar-refractivity contribution in [1.82, 2.24) is 24.8 Å². The molecule has 13 heteroatoms. The van der Waals surface area contributed by atoms with Gasteiger partial charge in [0.05, 0.1) is 31.4 Å². The van der Waals surface area contributed by atoms with Crippen LogP contribution < -0.4 is 15.0 Å². The molecule has 3 fully saturated rings. The van der Waals surface area contributed by atoms with Crippen LogP contribution in [0.15, 0.2) is 48.8 Å². The maximum absolute atomic E-state index is 15.0. The molecule has 0 bridgehead atoms. The van der Waals surface area contributed by atoms with E-state index in [-0.39, 0.29) is 36.7 Å². The predicted octanol–water partition coefficient (Wildman–Crippen LogP) is 3.30. The van der Waals surface area contributed by atoms with Crippen LogP contribution in [0.25, 0.3) is 16.2 Å². The van der Waals surface area contributed by atoms with Gasteiger partial charge < -0.3 is 29.4 Å². The Morgan fingerprint density at radius 2 is 1.93 bits per heavy atom. The Labute approximate surface area is 261 Å². The van der Waals surface area contributed by atoms with E-state index in [4.69, 9.17) is 16.0 Å². The molecular formula is C32H34FN9O3. The van der Waals surface area contributed by atoms with Crippen LogP contribution in [0.1, 0.15) is 18.9 Å². The highest BCUT2D eigenvalue weighted by atomic mass is 19.1. The number of carbonyl (C=O) groups is 1. The first-order valence-electron chi connectivity index (χ1n) is 15.1. The van der Waals surface area contributed by atoms with Crippen molar-refractivity contribution in [2.24, 2.45) is 0 Å². The number of anilines is 3. The average Bonchev–Trinajstić information content (AvgIpc) is 3.05. The number of nitrogens with zero attached hydrogens (tertiary/aromatic N) is 8. The Kier molecular flexibility index (Phi) is 9.01. The Balaban J connectivity index is 1.07. The third kappa shape index (κ3) is 6.80. The lowest BCUT2D eigenvalue weighted by Gasteiger charge is -2.43. The quantitative estimate of drug-likeness (QED) is 0.380. The number of halogens is 1. The van der Waals surface area contributed by atoms with E-state index in [0.717, 1.165) is 45.1 Å². The maximum Gasteiger partial charge on any atom is 0.305 e. The van der Waals surface area contributed by atoms with Crippen LogP contribution in [0.4, 0.5) is 21.7 Å². The molecule has 0 saturated carbocycles. The van der Waals surface area contributed by atoms with Crippen molar-refractivity contribution in [2.75, 3.05) is 62.7 Å². The van der Waals surface area contributed by atoms with Crippen LogP contribution in [0.5, 0.6) is 5.75 Å². The molecular weight excluding hydrogens is 577 g/mol. The Morgan fingerprint density at radius 3 is 2.60 bits per heavy atom. The molecule has 1 amide bonds. The molecule has 1 unspecified atom stereocenters. The molecule has 2 aromatic carbocycles. The van der Waals surface area contributed by atoms with Gasteiger partial charge >= 0.3 is 5.91 Å². The fourth-order valence-electron chi connectivity index (χ4n) is 5.72. The predicted molar refractivity (Wildman–Crippen MR) is 165 cm³/mol. The van der Waals surface area contributed by atoms with Gasteiger partial charge in [-0.05, 0) is 42.5 Å². The Hall–Kier alpha value is -4.85. The summed E-state index contributed by atoms with van der Waals surface area (Å²) in [6.07, 6.45) is -0.613. The number of benzene rings is 2. The van der Waals surface area contributed by atoms with Crippen molar-refractivity contribution < 1.29 is 18.7 Å². The monoisotopic (exact) mass is 611 g/mol. The number of hydrogen-bond donors (Lipinski definition) is 1. The van der Waals surface area contributed by atoms with Gasteiger partial charge in [-0.25, -0.2) is 20.9 Å². The second kappa shape index (κ2) is 13.4. The topological polar surface area (TPSA) is 124 Å². The molecule has 3 atom stereocenters. The number of rotatable bonds is 8. The average molecular weight is 612 g/mol. The summed E-state index contributed by atoms with van der Waals surface area (Å²) < 4.78 is 26.2. The summed E-state index contributed by atoms with van der Waals surface area (Å²) >= 11 is 0. The number of piperidine rings is 1. The minimum absolute atomic E-state index is 0.153. The molecule has 0 spiro atoms. The number of ether oxygens (including phenoxy) is 2. The van der Waals surface area contributed by atoms with E-state index in [0.29, 0.717) is 23.4 Å². The molecule has 1 N–H and O–H groups in total. The third-order valence-corrected chi connectivity index (χ3v) is 8.49. The fourth-order valence-corrected chi connectivity index (χ4v) is 5.72. The van der Waals surface area contributed by atoms with Crippen molar-refractivity contribution in [2.45, 2.75) is 37.7 Å². The van der Waals surface area contributed by atoms with Crippen molar-refractivity contribution >= 4 is 23.2 Å². The van der Waals surface area contributed by atoms with Crippen molar-refractivity contribution in [3.63, 3.8) is 0 Å². The number of nitrogens with one attached hydrogen (secondary N) is 1. The molecule has 1 aromatic heterocycles. The van der Waals surface area contributed by atoms with Crippen LogP contribution in [0.3, 0.4) is 0 Å². The Bertz CT molecular complexity index is 1600. The molecule has 12 nitrogen and oxygen atoms in total. The zero-order chi connectivity index (χ0) is 31.3. The number of alkyl halides is 1. The highest BCUT2D eigenvalue weighted by Gasteiger charge is 2.36. The summed E-state index contributed by atoms with van der Waals surface area (Å²) in [5.74, 6) is 0.582. The first-order chi connectivity index (χ1) is 21.9. The smallest absolute Gasteiger partial charge is 0.305 e. The van der Waals surface area contributed by atoms with Gasteiger partial charge in [0.25, 0.3) is 6.04 Å². The van der Waals surface area contributed by atoms with Crippen LogP contribution in [-0.2, 0) is 9.53 Å². The summed E-state index contributed by atoms with van der Waals surface area (Å²) in [6, 6.07) is 14.9. The Morgan fingerprint density at radius 1 is 1.16 bits per heavy atom. The second-order valence-electron chi connectivity index (χ2n) is 11.4. The number of hydrogen-bond acceptors (Lipinski definition) is 10. The SMILES string of the molecule is [C-]#[N+]C(C)C(=O)N1CC[C@H](Oc2ccc(-c3ncnc(Nc4ccc(N5CCN(C6COC6)CC5)cc4)n3)cc2C#N)[C@H](F)C1. The lowest BCUT2D eigenvalue weighted by Crippen LogP contribution is -2.56. The molecule has 3 aliphatic rings. The van der Waals surface area contributed by atoms with Crippen molar-refractivity contribution in [3.8, 4) is 23.2 Å². The van der Waals surface area contributed by atoms with E-state index in [1.54, 1.807) is 18.2 Å². The highest BCUT2D eigenvalue weighted by molar-refractivity contribution is 5.83. The van der Waals surface area contributed by atoms with Crippen LogP contribution >= 0.6 is 0 Å². The van der Waals surface area contributed by atoms with Crippen LogP contribution in [-0.4, -0.2) is 108 Å². The standard InChI is InChI=1S/C32H34FN9O3/c1-21(35-2)31(43)42-10-9-29(27(33)17-42)45-28-8-3-22(15-23(28)16-34)30-36-20-37-32(39-30)38-24-4-6-25(7-5-24)40-11-13-41(14-12-40)26-18-44-19-26/h3-8,15,20-21,26-27,29H,9-14,17-19H2,1H3,(H,36,37,38,39)/t21?,27-,29+/m1/s1. The molecule has 45 heavy (non-hydrogen) atoms. The molecule has 3 aliphatic heterocycles. The largest absolute Gasteiger partial charge is 0.486 e. The number of amides is 1. The normalized spacial score (nSPS) is 21.2. The van der Waals surface area contributed by atoms with Crippen LogP contribution in [0.2, 0.25) is 0 Å². The van der Waals surface area contributed by atoms with Gasteiger partial charge in [-0.1, -0.05) is 0 Å². The van der Waals surface area contributed by atoms with E-state index < -0.39 is 18.3 Å². The number of carbonyl (C=O) groups excluding carboxylic acids is 1. The molecule has 0 aliphatic carbocycles. The van der Waals surface area contributed by atoms with E-state index in [9.17, 15) is 14.4 Å². The summed E-state index contributed by atoms with van der Waals surface area (Å²) in [6.45, 7) is 14.4. The summed E-state index contributed by atoms with van der Waals surface area (Å²) in [5.41, 5.74) is 2.80. The number of nitriles is 1. The molecule has 6 rings (SSSR count). The summed E-state index contributed by atoms with van der Waals surface area (Å²) in [7, 11) is 0. The maximum atomic E-state index is 15.0. The van der Waals surface area contributed by atoms with Crippen molar-refractivity contribution in [3.05, 3.63) is 65.8 Å². The molecule has 4 heterocycles. The van der Waals surface area contributed by atoms with E-state index in [2.05, 4.69) is 53.1 Å². The molecule has 0 radical (unpaired) electrons. The van der Waals surface area contributed by atoms with Crippen molar-refractivity contribution in [1.29, 1.82) is 5.26 Å². The van der Waals surface area contributed by atoms with Gasteiger partial charge in [0, 0.05) is 63.0 Å². The fraction of sp³-hybridized carbons (Fsp3) is 0.438. The molecule has 232 valence electrons. The molecule has 3 saturated heterocycles. The minimum Gasteiger partial charge on any atom is -0.486 e. The second-order valence-corrected chi connectivity index (χ2v) is 11.4. The first-order valence-corrected chi connectivity index (χ1v) is 15.1. The number of likely N-dealkylation sites (tertiary alicyclic amines) is 1. The van der Waals surface area contributed by atoms with E-state index in [1.165, 1.54) is 23.8 Å².